The number of esters is 1. The summed E-state index contributed by atoms with van der Waals surface area (Å²) in [4.78, 5) is 16.3. The van der Waals surface area contributed by atoms with Gasteiger partial charge in [0.25, 0.3) is 0 Å². The average molecular weight is 497 g/mol. The smallest absolute Gasteiger partial charge is 0.327 e. The fraction of sp³-hybridized carbons (Fsp3) is 0.286. The predicted molar refractivity (Wildman–Crippen MR) is 116 cm³/mol. The van der Waals surface area contributed by atoms with Crippen LogP contribution in [0, 0.1) is 5.92 Å². The van der Waals surface area contributed by atoms with Gasteiger partial charge in [0.15, 0.2) is 14.6 Å². The van der Waals surface area contributed by atoms with Crippen LogP contribution in [0.2, 0.25) is 5.02 Å². The van der Waals surface area contributed by atoms with Crippen molar-refractivity contribution in [2.45, 2.75) is 29.4 Å². The van der Waals surface area contributed by atoms with Crippen molar-refractivity contribution < 1.29 is 17.9 Å². The second kappa shape index (κ2) is 7.15. The van der Waals surface area contributed by atoms with Gasteiger partial charge >= 0.3 is 5.97 Å². The number of sulfone groups is 1. The highest BCUT2D eigenvalue weighted by Crippen LogP contribution is 2.44. The molecule has 0 amide bonds. The molecule has 2 aromatic carbocycles. The van der Waals surface area contributed by atoms with Crippen molar-refractivity contribution in [1.82, 2.24) is 4.98 Å². The molecule has 0 saturated heterocycles. The first kappa shape index (κ1) is 20.4. The molecule has 1 N–H and O–H groups in total. The van der Waals surface area contributed by atoms with E-state index in [0.717, 1.165) is 22.2 Å². The zero-order valence-corrected chi connectivity index (χ0v) is 19.0. The van der Waals surface area contributed by atoms with E-state index < -0.39 is 26.5 Å². The Kier molecular flexibility index (Phi) is 5.04. The molecule has 0 spiro atoms. The monoisotopic (exact) mass is 495 g/mol. The van der Waals surface area contributed by atoms with Crippen molar-refractivity contribution in [3.8, 4) is 0 Å². The van der Waals surface area contributed by atoms with E-state index in [-0.39, 0.29) is 4.90 Å². The van der Waals surface area contributed by atoms with Gasteiger partial charge in [0.05, 0.1) is 12.0 Å². The summed E-state index contributed by atoms with van der Waals surface area (Å²) in [5.41, 5.74) is 2.89. The predicted octanol–water partition coefficient (Wildman–Crippen LogP) is 4.70. The minimum absolute atomic E-state index is 0.0863. The van der Waals surface area contributed by atoms with E-state index in [9.17, 15) is 13.2 Å². The largest absolute Gasteiger partial charge is 0.468 e. The highest BCUT2D eigenvalue weighted by atomic mass is 79.9. The summed E-state index contributed by atoms with van der Waals surface area (Å²) in [6, 6.07) is 12.0. The lowest BCUT2D eigenvalue weighted by Crippen LogP contribution is -2.51. The fourth-order valence-electron chi connectivity index (χ4n) is 4.22. The lowest BCUT2D eigenvalue weighted by Gasteiger charge is -2.32. The first-order chi connectivity index (χ1) is 13.7. The van der Waals surface area contributed by atoms with E-state index >= 15 is 0 Å². The van der Waals surface area contributed by atoms with Gasteiger partial charge in [0.2, 0.25) is 0 Å². The maximum Gasteiger partial charge on any atom is 0.327 e. The number of aromatic nitrogens is 1. The Labute approximate surface area is 182 Å². The van der Waals surface area contributed by atoms with Crippen LogP contribution in [0.1, 0.15) is 18.2 Å². The zero-order chi connectivity index (χ0) is 21.0. The number of hydrogen-bond donors (Lipinski definition) is 1. The van der Waals surface area contributed by atoms with Crippen LogP contribution in [0.25, 0.3) is 10.9 Å². The molecular formula is C21H19BrClNO4S. The summed E-state index contributed by atoms with van der Waals surface area (Å²) >= 11 is 9.47. The van der Waals surface area contributed by atoms with Gasteiger partial charge in [0, 0.05) is 26.1 Å². The number of rotatable bonds is 4. The lowest BCUT2D eigenvalue weighted by molar-refractivity contribution is -0.144. The molecule has 29 heavy (non-hydrogen) atoms. The van der Waals surface area contributed by atoms with Crippen molar-refractivity contribution in [3.63, 3.8) is 0 Å². The Hall–Kier alpha value is -1.83. The van der Waals surface area contributed by atoms with Crippen LogP contribution in [0.5, 0.6) is 0 Å². The van der Waals surface area contributed by atoms with E-state index in [1.165, 1.54) is 26.2 Å². The van der Waals surface area contributed by atoms with E-state index in [4.69, 9.17) is 16.3 Å². The van der Waals surface area contributed by atoms with Crippen LogP contribution in [0.15, 0.2) is 51.8 Å². The van der Waals surface area contributed by atoms with Crippen LogP contribution in [0.4, 0.5) is 0 Å². The number of methoxy groups -OCH3 is 1. The zero-order valence-electron chi connectivity index (χ0n) is 15.8. The minimum Gasteiger partial charge on any atom is -0.468 e. The van der Waals surface area contributed by atoms with Gasteiger partial charge in [-0.2, -0.15) is 0 Å². The Bertz CT molecular complexity index is 1240. The molecule has 2 unspecified atom stereocenters. The first-order valence-electron chi connectivity index (χ1n) is 9.06. The van der Waals surface area contributed by atoms with Crippen LogP contribution in [-0.4, -0.2) is 31.2 Å². The molecule has 0 fully saturated rings. The SMILES string of the molecule is COC(=O)C(C)(C1Cc2[nH]c3ccc(Cl)cc3c2C1)S(=O)(=O)c1cccc(Br)c1. The highest BCUT2D eigenvalue weighted by molar-refractivity contribution is 9.10. The third-order valence-corrected chi connectivity index (χ3v) is 9.11. The van der Waals surface area contributed by atoms with Gasteiger partial charge in [-0.05, 0) is 67.6 Å². The molecule has 4 rings (SSSR count). The van der Waals surface area contributed by atoms with Crippen LogP contribution in [0.3, 0.4) is 0 Å². The van der Waals surface area contributed by atoms with Gasteiger partial charge in [-0.1, -0.05) is 33.6 Å². The number of hydrogen-bond acceptors (Lipinski definition) is 4. The summed E-state index contributed by atoms with van der Waals surface area (Å²) in [5.74, 6) is -1.22. The molecule has 0 radical (unpaired) electrons. The van der Waals surface area contributed by atoms with Gasteiger partial charge in [0.1, 0.15) is 0 Å². The highest BCUT2D eigenvalue weighted by Gasteiger charge is 2.55. The molecule has 5 nitrogen and oxygen atoms in total. The Morgan fingerprint density at radius 3 is 2.69 bits per heavy atom. The first-order valence-corrected chi connectivity index (χ1v) is 11.7. The Balaban J connectivity index is 1.81. The molecule has 1 heterocycles. The van der Waals surface area contributed by atoms with Gasteiger partial charge in [-0.25, -0.2) is 8.42 Å². The molecule has 0 bridgehead atoms. The van der Waals surface area contributed by atoms with Gasteiger partial charge in [-0.3, -0.25) is 4.79 Å². The number of carbonyl (C=O) groups is 1. The minimum atomic E-state index is -4.02. The number of benzene rings is 2. The number of fused-ring (bicyclic) bond motifs is 3. The van der Waals surface area contributed by atoms with E-state index in [2.05, 4.69) is 20.9 Å². The standard InChI is InChI=1S/C21H19BrClNO4S/c1-21(20(25)28-2,29(26,27)15-5-3-4-13(22)10-15)12-8-16-17-11-14(23)6-7-18(17)24-19(16)9-12/h3-7,10-12,24H,8-9H2,1-2H3. The van der Waals surface area contributed by atoms with Gasteiger partial charge < -0.3 is 9.72 Å². The fourth-order valence-corrected chi connectivity index (χ4v) is 6.88. The topological polar surface area (TPSA) is 76.2 Å². The third kappa shape index (κ3) is 3.10. The molecule has 8 heteroatoms. The van der Waals surface area contributed by atoms with Crippen molar-refractivity contribution in [3.05, 3.63) is 63.2 Å². The number of halogens is 2. The van der Waals surface area contributed by atoms with Crippen molar-refractivity contribution >= 4 is 54.2 Å². The second-order valence-corrected chi connectivity index (χ2v) is 11.1. The van der Waals surface area contributed by atoms with E-state index in [0.29, 0.717) is 22.3 Å². The second-order valence-electron chi connectivity index (χ2n) is 7.44. The molecule has 0 aliphatic heterocycles. The van der Waals surface area contributed by atoms with Crippen LogP contribution < -0.4 is 0 Å². The third-order valence-electron chi connectivity index (χ3n) is 5.89. The molecule has 1 aromatic heterocycles. The molecule has 152 valence electrons. The molecular weight excluding hydrogens is 478 g/mol. The molecule has 1 aliphatic carbocycles. The summed E-state index contributed by atoms with van der Waals surface area (Å²) in [6.07, 6.45) is 0.870. The Morgan fingerprint density at radius 2 is 2.00 bits per heavy atom. The molecule has 2 atom stereocenters. The average Bonchev–Trinajstić information content (AvgIpc) is 3.25. The number of ether oxygens (including phenoxy) is 1. The normalized spacial score (nSPS) is 18.4. The van der Waals surface area contributed by atoms with Crippen LogP contribution in [-0.2, 0) is 32.2 Å². The number of H-pyrrole nitrogens is 1. The summed E-state index contributed by atoms with van der Waals surface area (Å²) in [6.45, 7) is 1.47. The molecule has 1 aliphatic rings. The van der Waals surface area contributed by atoms with E-state index in [1.54, 1.807) is 12.1 Å². The summed E-state index contributed by atoms with van der Waals surface area (Å²) in [7, 11) is -2.80. The summed E-state index contributed by atoms with van der Waals surface area (Å²) < 4.78 is 31.1. The summed E-state index contributed by atoms with van der Waals surface area (Å²) in [5, 5.41) is 1.57. The quantitative estimate of drug-likeness (QED) is 0.531. The number of carbonyl (C=O) groups excluding carboxylic acids is 1. The number of nitrogens with one attached hydrogen (secondary N) is 1. The van der Waals surface area contributed by atoms with Crippen LogP contribution >= 0.6 is 27.5 Å². The van der Waals surface area contributed by atoms with Crippen molar-refractivity contribution in [2.75, 3.05) is 7.11 Å². The Morgan fingerprint density at radius 1 is 1.24 bits per heavy atom. The van der Waals surface area contributed by atoms with Gasteiger partial charge in [-0.15, -0.1) is 0 Å². The van der Waals surface area contributed by atoms with Crippen molar-refractivity contribution in [2.24, 2.45) is 5.92 Å². The maximum atomic E-state index is 13.6. The molecule has 0 saturated carbocycles. The lowest BCUT2D eigenvalue weighted by atomic mass is 9.90. The number of aromatic amines is 1. The van der Waals surface area contributed by atoms with Crippen molar-refractivity contribution in [1.29, 1.82) is 0 Å². The molecule has 3 aromatic rings. The maximum absolute atomic E-state index is 13.6. The van der Waals surface area contributed by atoms with E-state index in [1.807, 2.05) is 18.2 Å².